The Morgan fingerprint density at radius 1 is 1.00 bits per heavy atom. The molecule has 0 radical (unpaired) electrons. The Kier molecular flexibility index (Phi) is 5.57. The Labute approximate surface area is 138 Å². The number of aliphatic hydroxyl groups excluding tert-OH is 1. The van der Waals surface area contributed by atoms with Crippen LogP contribution in [0.5, 0.6) is 0 Å². The lowest BCUT2D eigenvalue weighted by molar-refractivity contribution is -0.127. The van der Waals surface area contributed by atoms with E-state index in [9.17, 15) is 14.7 Å². The van der Waals surface area contributed by atoms with Crippen LogP contribution in [0, 0.1) is 23.7 Å². The van der Waals surface area contributed by atoms with Crippen LogP contribution < -0.4 is 10.6 Å². The van der Waals surface area contributed by atoms with E-state index in [-0.39, 0.29) is 36.9 Å². The number of carbonyl (C=O) groups is 2. The highest BCUT2D eigenvalue weighted by Gasteiger charge is 2.47. The van der Waals surface area contributed by atoms with E-state index in [1.807, 2.05) is 0 Å². The fourth-order valence-corrected chi connectivity index (χ4v) is 5.04. The van der Waals surface area contributed by atoms with E-state index < -0.39 is 0 Å². The van der Waals surface area contributed by atoms with Gasteiger partial charge in [-0.05, 0) is 43.4 Å². The molecule has 23 heavy (non-hydrogen) atoms. The highest BCUT2D eigenvalue weighted by molar-refractivity contribution is 5.84. The lowest BCUT2D eigenvalue weighted by Crippen LogP contribution is -2.48. The molecule has 130 valence electrons. The van der Waals surface area contributed by atoms with Gasteiger partial charge in [-0.1, -0.05) is 25.7 Å². The molecule has 3 rings (SSSR count). The molecule has 3 fully saturated rings. The average molecular weight is 322 g/mol. The van der Waals surface area contributed by atoms with Crippen LogP contribution in [-0.2, 0) is 9.59 Å². The number of carbonyl (C=O) groups excluding carboxylic acids is 2. The predicted octanol–water partition coefficient (Wildman–Crippen LogP) is 1.60. The van der Waals surface area contributed by atoms with E-state index in [0.29, 0.717) is 24.2 Å². The van der Waals surface area contributed by atoms with Crippen molar-refractivity contribution in [3.05, 3.63) is 0 Å². The third-order valence-corrected chi connectivity index (χ3v) is 6.33. The number of hydrogen-bond donors (Lipinski definition) is 3. The number of hydrogen-bond acceptors (Lipinski definition) is 3. The summed E-state index contributed by atoms with van der Waals surface area (Å²) in [7, 11) is 0. The molecule has 4 atom stereocenters. The molecule has 4 unspecified atom stereocenters. The Morgan fingerprint density at radius 3 is 2.48 bits per heavy atom. The van der Waals surface area contributed by atoms with Crippen LogP contribution in [0.25, 0.3) is 0 Å². The molecule has 0 aromatic rings. The second-order valence-corrected chi connectivity index (χ2v) is 7.74. The van der Waals surface area contributed by atoms with Gasteiger partial charge in [0.2, 0.25) is 11.8 Å². The standard InChI is InChI=1S/C18H30N2O3/c21-11-15-13-6-7-14(9-13)18(15)20-17(23)10-19-16(22)8-5-12-3-1-2-4-12/h12-15,18,21H,1-11H2,(H,19,22)(H,20,23). The quantitative estimate of drug-likeness (QED) is 0.666. The van der Waals surface area contributed by atoms with Gasteiger partial charge in [-0.2, -0.15) is 0 Å². The second kappa shape index (κ2) is 7.65. The molecule has 3 aliphatic carbocycles. The van der Waals surface area contributed by atoms with Gasteiger partial charge in [-0.15, -0.1) is 0 Å². The van der Waals surface area contributed by atoms with Crippen LogP contribution in [0.15, 0.2) is 0 Å². The molecule has 5 nitrogen and oxygen atoms in total. The summed E-state index contributed by atoms with van der Waals surface area (Å²) in [6, 6.07) is 0.0987. The van der Waals surface area contributed by atoms with Crippen LogP contribution in [0.1, 0.15) is 57.8 Å². The fraction of sp³-hybridized carbons (Fsp3) is 0.889. The molecule has 0 spiro atoms. The van der Waals surface area contributed by atoms with Gasteiger partial charge in [-0.25, -0.2) is 0 Å². The smallest absolute Gasteiger partial charge is 0.239 e. The number of rotatable bonds is 7. The second-order valence-electron chi connectivity index (χ2n) is 7.74. The maximum Gasteiger partial charge on any atom is 0.239 e. The van der Waals surface area contributed by atoms with Gasteiger partial charge in [-0.3, -0.25) is 9.59 Å². The van der Waals surface area contributed by atoms with Crippen molar-refractivity contribution < 1.29 is 14.7 Å². The zero-order valence-electron chi connectivity index (χ0n) is 13.9. The summed E-state index contributed by atoms with van der Waals surface area (Å²) in [6.45, 7) is 0.218. The van der Waals surface area contributed by atoms with Crippen molar-refractivity contribution in [1.29, 1.82) is 0 Å². The first-order valence-corrected chi connectivity index (χ1v) is 9.34. The lowest BCUT2D eigenvalue weighted by atomic mass is 9.85. The normalized spacial score (nSPS) is 33.1. The molecule has 5 heteroatoms. The first-order chi connectivity index (χ1) is 11.2. The monoisotopic (exact) mass is 322 g/mol. The zero-order chi connectivity index (χ0) is 16.2. The Bertz CT molecular complexity index is 434. The van der Waals surface area contributed by atoms with Gasteiger partial charge in [0.05, 0.1) is 6.54 Å². The number of fused-ring (bicyclic) bond motifs is 2. The first-order valence-electron chi connectivity index (χ1n) is 9.34. The van der Waals surface area contributed by atoms with Gasteiger partial charge in [0.25, 0.3) is 0 Å². The highest BCUT2D eigenvalue weighted by Crippen LogP contribution is 2.48. The number of amides is 2. The topological polar surface area (TPSA) is 78.4 Å². The number of aliphatic hydroxyl groups is 1. The van der Waals surface area contributed by atoms with E-state index in [0.717, 1.165) is 19.3 Å². The van der Waals surface area contributed by atoms with Gasteiger partial charge in [0.1, 0.15) is 0 Å². The van der Waals surface area contributed by atoms with Crippen molar-refractivity contribution in [1.82, 2.24) is 10.6 Å². The highest BCUT2D eigenvalue weighted by atomic mass is 16.3. The Hall–Kier alpha value is -1.10. The molecule has 0 aromatic heterocycles. The summed E-state index contributed by atoms with van der Waals surface area (Å²) >= 11 is 0. The van der Waals surface area contributed by atoms with Crippen molar-refractivity contribution in [2.24, 2.45) is 23.7 Å². The van der Waals surface area contributed by atoms with E-state index in [1.54, 1.807) is 0 Å². The SMILES string of the molecule is O=C(CCC1CCCC1)NCC(=O)NC1C2CCC(C2)C1CO. The van der Waals surface area contributed by atoms with Gasteiger partial charge < -0.3 is 15.7 Å². The average Bonchev–Trinajstić information content (AvgIpc) is 3.27. The van der Waals surface area contributed by atoms with E-state index in [2.05, 4.69) is 10.6 Å². The minimum absolute atomic E-state index is 0.0151. The van der Waals surface area contributed by atoms with Crippen LogP contribution in [0.2, 0.25) is 0 Å². The third kappa shape index (κ3) is 4.06. The molecule has 0 heterocycles. The summed E-state index contributed by atoms with van der Waals surface area (Å²) in [6.07, 6.45) is 10.0. The molecular formula is C18H30N2O3. The molecular weight excluding hydrogens is 292 g/mol. The third-order valence-electron chi connectivity index (χ3n) is 6.33. The predicted molar refractivity (Wildman–Crippen MR) is 87.5 cm³/mol. The molecule has 0 saturated heterocycles. The van der Waals surface area contributed by atoms with Gasteiger partial charge >= 0.3 is 0 Å². The maximum absolute atomic E-state index is 12.1. The molecule has 2 bridgehead atoms. The Balaban J connectivity index is 1.35. The summed E-state index contributed by atoms with van der Waals surface area (Å²) in [5.74, 6) is 1.86. The summed E-state index contributed by atoms with van der Waals surface area (Å²) in [4.78, 5) is 24.0. The molecule has 3 saturated carbocycles. The van der Waals surface area contributed by atoms with Crippen LogP contribution in [0.4, 0.5) is 0 Å². The molecule has 3 N–H and O–H groups in total. The molecule has 3 aliphatic rings. The van der Waals surface area contributed by atoms with Gasteiger partial charge in [0, 0.05) is 25.0 Å². The summed E-state index contributed by atoms with van der Waals surface area (Å²) in [5.41, 5.74) is 0. The minimum Gasteiger partial charge on any atom is -0.396 e. The van der Waals surface area contributed by atoms with Crippen molar-refractivity contribution in [3.63, 3.8) is 0 Å². The fourth-order valence-electron chi connectivity index (χ4n) is 5.04. The molecule has 0 aliphatic heterocycles. The molecule has 2 amide bonds. The van der Waals surface area contributed by atoms with Crippen molar-refractivity contribution in [3.8, 4) is 0 Å². The zero-order valence-corrected chi connectivity index (χ0v) is 13.9. The maximum atomic E-state index is 12.1. The van der Waals surface area contributed by atoms with E-state index in [4.69, 9.17) is 0 Å². The molecule has 0 aromatic carbocycles. The number of nitrogens with one attached hydrogen (secondary N) is 2. The van der Waals surface area contributed by atoms with Crippen molar-refractivity contribution >= 4 is 11.8 Å². The first kappa shape index (κ1) is 16.7. The Morgan fingerprint density at radius 2 is 1.74 bits per heavy atom. The summed E-state index contributed by atoms with van der Waals surface area (Å²) < 4.78 is 0. The van der Waals surface area contributed by atoms with Crippen LogP contribution >= 0.6 is 0 Å². The van der Waals surface area contributed by atoms with Gasteiger partial charge in [0.15, 0.2) is 0 Å². The van der Waals surface area contributed by atoms with Crippen LogP contribution in [-0.4, -0.2) is 36.1 Å². The van der Waals surface area contributed by atoms with Crippen LogP contribution in [0.3, 0.4) is 0 Å². The van der Waals surface area contributed by atoms with Crippen molar-refractivity contribution in [2.45, 2.75) is 63.8 Å². The minimum atomic E-state index is -0.116. The van der Waals surface area contributed by atoms with E-state index >= 15 is 0 Å². The van der Waals surface area contributed by atoms with E-state index in [1.165, 1.54) is 32.1 Å². The largest absolute Gasteiger partial charge is 0.396 e. The van der Waals surface area contributed by atoms with Crippen molar-refractivity contribution in [2.75, 3.05) is 13.2 Å². The summed E-state index contributed by atoms with van der Waals surface area (Å²) in [5, 5.41) is 15.3. The lowest BCUT2D eigenvalue weighted by Gasteiger charge is -2.30.